The van der Waals surface area contributed by atoms with E-state index in [1.54, 1.807) is 0 Å². The standard InChI is InChI=1S/C20H20O14/c21-5-13(26)18(34-20(32)8-3-11(24)16(29)12(25)4-8)17(30)14(27)6-33-19(31)7-1-9(22)15(28)10(23)2-7/h1-5,13-14,17-18,22-30H,6H2/t13-,14+,17+,18+/m0/s1/i1D,3D. The molecule has 14 heteroatoms. The molecule has 2 rings (SSSR count). The summed E-state index contributed by atoms with van der Waals surface area (Å²) in [5.74, 6) is -9.57. The number of aromatic hydroxyl groups is 6. The number of rotatable bonds is 9. The summed E-state index contributed by atoms with van der Waals surface area (Å²) in [6, 6.07) is -0.884. The minimum atomic E-state index is -2.33. The van der Waals surface area contributed by atoms with Crippen molar-refractivity contribution in [3.63, 3.8) is 0 Å². The summed E-state index contributed by atoms with van der Waals surface area (Å²) in [6.07, 6.45) is -9.19. The Bertz CT molecular complexity index is 1180. The normalized spacial score (nSPS) is 15.3. The minimum absolute atomic E-state index is 0.193. The fourth-order valence-electron chi connectivity index (χ4n) is 2.48. The van der Waals surface area contributed by atoms with Crippen molar-refractivity contribution in [3.05, 3.63) is 35.3 Å². The largest absolute Gasteiger partial charge is 0.504 e. The molecular formula is C20H20O14. The molecule has 0 aliphatic heterocycles. The first kappa shape index (κ1) is 22.9. The van der Waals surface area contributed by atoms with Crippen LogP contribution in [0.15, 0.2) is 24.2 Å². The zero-order chi connectivity index (χ0) is 27.5. The molecule has 0 unspecified atom stereocenters. The molecule has 0 heterocycles. The average Bonchev–Trinajstić information content (AvgIpc) is 2.86. The highest BCUT2D eigenvalue weighted by Crippen LogP contribution is 2.36. The van der Waals surface area contributed by atoms with E-state index in [-0.39, 0.29) is 6.29 Å². The van der Waals surface area contributed by atoms with Crippen LogP contribution in [-0.2, 0) is 14.3 Å². The van der Waals surface area contributed by atoms with Crippen LogP contribution in [-0.4, -0.2) is 95.2 Å². The zero-order valence-corrected chi connectivity index (χ0v) is 16.8. The van der Waals surface area contributed by atoms with Crippen LogP contribution < -0.4 is 0 Å². The number of carbonyl (C=O) groups is 3. The molecule has 0 aromatic heterocycles. The van der Waals surface area contributed by atoms with Crippen molar-refractivity contribution in [3.8, 4) is 34.5 Å². The maximum absolute atomic E-state index is 12.4. The summed E-state index contributed by atoms with van der Waals surface area (Å²) >= 11 is 0. The molecule has 0 aliphatic rings. The van der Waals surface area contributed by atoms with Gasteiger partial charge in [0.25, 0.3) is 0 Å². The predicted octanol–water partition coefficient (Wildman–Crippen LogP) is -1.42. The van der Waals surface area contributed by atoms with E-state index in [1.165, 1.54) is 0 Å². The van der Waals surface area contributed by atoms with Gasteiger partial charge in [0.1, 0.15) is 24.9 Å². The Kier molecular flexibility index (Phi) is 7.12. The lowest BCUT2D eigenvalue weighted by Gasteiger charge is -2.28. The van der Waals surface area contributed by atoms with Crippen LogP contribution in [0.3, 0.4) is 0 Å². The number of aliphatic hydroxyl groups excluding tert-OH is 3. The number of benzene rings is 2. The van der Waals surface area contributed by atoms with Crippen LogP contribution in [0, 0.1) is 0 Å². The summed E-state index contributed by atoms with van der Waals surface area (Å²) in [4.78, 5) is 35.6. The van der Waals surface area contributed by atoms with E-state index in [0.717, 1.165) is 0 Å². The lowest BCUT2D eigenvalue weighted by atomic mass is 10.0. The highest BCUT2D eigenvalue weighted by molar-refractivity contribution is 5.92. The van der Waals surface area contributed by atoms with Crippen LogP contribution in [0.25, 0.3) is 0 Å². The monoisotopic (exact) mass is 486 g/mol. The Morgan fingerprint density at radius 2 is 1.32 bits per heavy atom. The fourth-order valence-corrected chi connectivity index (χ4v) is 2.48. The third-order valence-electron chi connectivity index (χ3n) is 4.28. The lowest BCUT2D eigenvalue weighted by molar-refractivity contribution is -0.138. The van der Waals surface area contributed by atoms with Gasteiger partial charge in [-0.25, -0.2) is 9.59 Å². The SMILES string of the molecule is [2H]c1c(C(=O)OC[C@@H](O)[C@@H](O)[C@H](OC(=O)c2cc(O)c(O)c(O)c2[2H])[C@@H](O)C=O)cc(O)c(O)c1O. The second-order valence-electron chi connectivity index (χ2n) is 6.68. The van der Waals surface area contributed by atoms with Crippen molar-refractivity contribution >= 4 is 18.2 Å². The molecule has 0 spiro atoms. The molecule has 34 heavy (non-hydrogen) atoms. The summed E-state index contributed by atoms with van der Waals surface area (Å²) in [7, 11) is 0. The van der Waals surface area contributed by atoms with E-state index in [2.05, 4.69) is 4.74 Å². The molecule has 2 aromatic rings. The Hall–Kier alpha value is -4.27. The summed E-state index contributed by atoms with van der Waals surface area (Å²) in [5.41, 5.74) is -1.62. The molecule has 14 nitrogen and oxygen atoms in total. The third-order valence-corrected chi connectivity index (χ3v) is 4.28. The average molecular weight is 486 g/mol. The van der Waals surface area contributed by atoms with Crippen molar-refractivity contribution < 1.29 is 72.6 Å². The van der Waals surface area contributed by atoms with Gasteiger partial charge in [-0.3, -0.25) is 0 Å². The van der Waals surface area contributed by atoms with Gasteiger partial charge in [0, 0.05) is 0 Å². The van der Waals surface area contributed by atoms with Crippen LogP contribution in [0.5, 0.6) is 34.5 Å². The number of ether oxygens (including phenoxy) is 2. The minimum Gasteiger partial charge on any atom is -0.504 e. The van der Waals surface area contributed by atoms with Crippen LogP contribution >= 0.6 is 0 Å². The molecule has 0 saturated heterocycles. The number of aldehydes is 1. The van der Waals surface area contributed by atoms with Gasteiger partial charge in [-0.05, 0) is 24.2 Å². The van der Waals surface area contributed by atoms with Gasteiger partial charge in [0.05, 0.1) is 13.9 Å². The van der Waals surface area contributed by atoms with Gasteiger partial charge < -0.3 is 60.2 Å². The van der Waals surface area contributed by atoms with Crippen LogP contribution in [0.1, 0.15) is 23.5 Å². The number of hydrogen-bond acceptors (Lipinski definition) is 14. The topological polar surface area (TPSA) is 252 Å². The second kappa shape index (κ2) is 10.6. The molecule has 0 aliphatic carbocycles. The Balaban J connectivity index is 2.19. The smallest absolute Gasteiger partial charge is 0.338 e. The first-order valence-corrected chi connectivity index (χ1v) is 9.09. The van der Waals surface area contributed by atoms with Crippen molar-refractivity contribution in [2.45, 2.75) is 24.4 Å². The maximum atomic E-state index is 12.4. The predicted molar refractivity (Wildman–Crippen MR) is 106 cm³/mol. The van der Waals surface area contributed by atoms with Gasteiger partial charge in [0.2, 0.25) is 0 Å². The highest BCUT2D eigenvalue weighted by Gasteiger charge is 2.36. The lowest BCUT2D eigenvalue weighted by Crippen LogP contribution is -2.49. The third kappa shape index (κ3) is 5.74. The molecule has 0 bridgehead atoms. The van der Waals surface area contributed by atoms with Gasteiger partial charge in [-0.15, -0.1) is 0 Å². The molecular weight excluding hydrogens is 464 g/mol. The number of phenolic OH excluding ortho intramolecular Hbond substituents is 6. The molecule has 4 atom stereocenters. The second-order valence-corrected chi connectivity index (χ2v) is 6.68. The van der Waals surface area contributed by atoms with E-state index >= 15 is 0 Å². The molecule has 0 radical (unpaired) electrons. The number of esters is 2. The van der Waals surface area contributed by atoms with Gasteiger partial charge in [-0.2, -0.15) is 0 Å². The van der Waals surface area contributed by atoms with E-state index in [9.17, 15) is 60.3 Å². The number of aliphatic hydroxyl groups is 3. The van der Waals surface area contributed by atoms with E-state index in [0.29, 0.717) is 12.1 Å². The Morgan fingerprint density at radius 3 is 1.79 bits per heavy atom. The molecule has 2 aromatic carbocycles. The number of phenols is 6. The molecule has 184 valence electrons. The Labute approximate surface area is 192 Å². The van der Waals surface area contributed by atoms with E-state index < -0.39 is 101 Å². The van der Waals surface area contributed by atoms with E-state index in [4.69, 9.17) is 7.48 Å². The van der Waals surface area contributed by atoms with Crippen LogP contribution in [0.4, 0.5) is 0 Å². The first-order valence-electron chi connectivity index (χ1n) is 10.1. The molecule has 0 fully saturated rings. The summed E-state index contributed by atoms with van der Waals surface area (Å²) in [5, 5.41) is 87.1. The fraction of sp³-hybridized carbons (Fsp3) is 0.250. The number of carbonyl (C=O) groups excluding carboxylic acids is 3. The number of hydrogen-bond donors (Lipinski definition) is 9. The van der Waals surface area contributed by atoms with Crippen molar-refractivity contribution in [1.29, 1.82) is 0 Å². The summed E-state index contributed by atoms with van der Waals surface area (Å²) in [6.45, 7) is -1.11. The van der Waals surface area contributed by atoms with Crippen molar-refractivity contribution in [1.82, 2.24) is 0 Å². The van der Waals surface area contributed by atoms with Crippen molar-refractivity contribution in [2.75, 3.05) is 6.61 Å². The van der Waals surface area contributed by atoms with Crippen LogP contribution in [0.2, 0.25) is 0 Å². The van der Waals surface area contributed by atoms with Gasteiger partial charge in [-0.1, -0.05) is 0 Å². The maximum Gasteiger partial charge on any atom is 0.338 e. The Morgan fingerprint density at radius 1 is 0.853 bits per heavy atom. The molecule has 0 amide bonds. The first-order chi connectivity index (χ1) is 16.7. The summed E-state index contributed by atoms with van der Waals surface area (Å²) < 4.78 is 24.6. The van der Waals surface area contributed by atoms with Crippen molar-refractivity contribution in [2.24, 2.45) is 0 Å². The quantitative estimate of drug-likeness (QED) is 0.112. The molecule has 9 N–H and O–H groups in total. The van der Waals surface area contributed by atoms with Gasteiger partial charge in [0.15, 0.2) is 46.9 Å². The van der Waals surface area contributed by atoms with E-state index in [1.807, 2.05) is 0 Å². The highest BCUT2D eigenvalue weighted by atomic mass is 16.6. The zero-order valence-electron chi connectivity index (χ0n) is 18.8. The van der Waals surface area contributed by atoms with Gasteiger partial charge >= 0.3 is 11.9 Å². The molecule has 0 saturated carbocycles.